The van der Waals surface area contributed by atoms with E-state index in [-0.39, 0.29) is 0 Å². The molecule has 1 heterocycles. The normalized spacial score (nSPS) is 29.2. The molecule has 1 aromatic carbocycles. The Morgan fingerprint density at radius 1 is 0.778 bits per heavy atom. The molecule has 1 saturated carbocycles. The molecular weight excluding hydrogens is 296 g/mol. The van der Waals surface area contributed by atoms with E-state index in [4.69, 9.17) is 0 Å². The van der Waals surface area contributed by atoms with Gasteiger partial charge in [0.2, 0.25) is 0 Å². The zero-order chi connectivity index (χ0) is 12.3. The number of benzene rings is 1. The molecule has 0 aromatic heterocycles. The number of thioether (sulfide) groups is 2. The lowest BCUT2D eigenvalue weighted by Gasteiger charge is -2.39. The average Bonchev–Trinajstić information content (AvgIpc) is 2.39. The molecule has 0 saturated heterocycles. The van der Waals surface area contributed by atoms with E-state index in [0.29, 0.717) is 0 Å². The lowest BCUT2D eigenvalue weighted by Crippen LogP contribution is -2.21. The van der Waals surface area contributed by atoms with E-state index in [9.17, 15) is 0 Å². The number of rotatable bonds is 0. The fourth-order valence-corrected chi connectivity index (χ4v) is 6.12. The molecule has 4 aliphatic rings. The zero-order valence-electron chi connectivity index (χ0n) is 9.85. The van der Waals surface area contributed by atoms with Gasteiger partial charge >= 0.3 is 0 Å². The van der Waals surface area contributed by atoms with Crippen molar-refractivity contribution in [3.8, 4) is 0 Å². The minimum absolute atomic E-state index is 0.825. The lowest BCUT2D eigenvalue weighted by molar-refractivity contribution is 0.357. The van der Waals surface area contributed by atoms with E-state index >= 15 is 0 Å². The molecule has 18 heavy (non-hydrogen) atoms. The Labute approximate surface area is 127 Å². The summed E-state index contributed by atoms with van der Waals surface area (Å²) >= 11 is 12.5. The van der Waals surface area contributed by atoms with Gasteiger partial charge in [-0.15, -0.1) is 25.3 Å². The predicted molar refractivity (Wildman–Crippen MR) is 87.1 cm³/mol. The third kappa shape index (κ3) is 1.80. The highest BCUT2D eigenvalue weighted by Gasteiger charge is 2.34. The summed E-state index contributed by atoms with van der Waals surface area (Å²) < 4.78 is 2.08. The third-order valence-electron chi connectivity index (χ3n) is 4.35. The highest BCUT2D eigenvalue weighted by Crippen LogP contribution is 2.55. The summed E-state index contributed by atoms with van der Waals surface area (Å²) in [5.74, 6) is 1.65. The lowest BCUT2D eigenvalue weighted by atomic mass is 9.67. The number of hydrogen-bond acceptors (Lipinski definition) is 4. The monoisotopic (exact) mass is 310 g/mol. The van der Waals surface area contributed by atoms with Crippen LogP contribution in [0.25, 0.3) is 0 Å². The van der Waals surface area contributed by atoms with Crippen LogP contribution in [-0.2, 0) is 0 Å². The standard InChI is InChI=1S/C14H14S4/c15-13-14(16)18-12-6-10-8-2-1-7(3-4-8)9(10)5-11(12)17-13/h5-8,15-16H,1-4H2. The van der Waals surface area contributed by atoms with Gasteiger partial charge in [-0.3, -0.25) is 0 Å². The third-order valence-corrected chi connectivity index (χ3v) is 8.00. The Morgan fingerprint density at radius 3 is 1.56 bits per heavy atom. The first-order chi connectivity index (χ1) is 8.72. The van der Waals surface area contributed by atoms with E-state index in [1.54, 1.807) is 34.7 Å². The smallest absolute Gasteiger partial charge is 0.0621 e. The van der Waals surface area contributed by atoms with E-state index in [1.807, 2.05) is 0 Å². The second kappa shape index (κ2) is 4.44. The molecule has 1 fully saturated rings. The maximum atomic E-state index is 4.51. The maximum Gasteiger partial charge on any atom is 0.0621 e. The molecule has 1 aromatic rings. The molecule has 0 N–H and O–H groups in total. The Bertz CT molecular complexity index is 504. The predicted octanol–water partition coefficient (Wildman–Crippen LogP) is 5.63. The molecule has 94 valence electrons. The van der Waals surface area contributed by atoms with Crippen LogP contribution in [0.3, 0.4) is 0 Å². The van der Waals surface area contributed by atoms with Crippen molar-refractivity contribution in [3.05, 3.63) is 31.7 Å². The van der Waals surface area contributed by atoms with Gasteiger partial charge in [-0.1, -0.05) is 23.5 Å². The zero-order valence-corrected chi connectivity index (χ0v) is 13.3. The molecule has 0 spiro atoms. The van der Waals surface area contributed by atoms with Crippen LogP contribution in [0.1, 0.15) is 48.6 Å². The highest BCUT2D eigenvalue weighted by atomic mass is 32.2. The molecule has 0 amide bonds. The SMILES string of the molecule is SC1=C(S)Sc2cc3c(cc2S1)C1CCC3CC1. The van der Waals surface area contributed by atoms with Crippen LogP contribution >= 0.6 is 48.8 Å². The van der Waals surface area contributed by atoms with Crippen molar-refractivity contribution < 1.29 is 0 Å². The van der Waals surface area contributed by atoms with Crippen LogP contribution < -0.4 is 0 Å². The molecule has 4 heteroatoms. The fourth-order valence-electron chi connectivity index (χ4n) is 3.47. The molecule has 5 rings (SSSR count). The number of fused-ring (bicyclic) bond motifs is 3. The van der Waals surface area contributed by atoms with Crippen molar-refractivity contribution in [2.45, 2.75) is 47.3 Å². The van der Waals surface area contributed by atoms with E-state index in [1.165, 1.54) is 35.5 Å². The van der Waals surface area contributed by atoms with Crippen molar-refractivity contribution in [2.75, 3.05) is 0 Å². The van der Waals surface area contributed by atoms with E-state index in [2.05, 4.69) is 37.4 Å². The van der Waals surface area contributed by atoms with E-state index in [0.717, 1.165) is 20.3 Å². The summed E-state index contributed by atoms with van der Waals surface area (Å²) in [7, 11) is 0. The first-order valence-corrected chi connectivity index (χ1v) is 8.91. The Hall–Kier alpha value is 0.360. The summed E-state index contributed by atoms with van der Waals surface area (Å²) in [6, 6.07) is 4.88. The Kier molecular flexibility index (Phi) is 2.99. The topological polar surface area (TPSA) is 0 Å². The largest absolute Gasteiger partial charge is 0.135 e. The van der Waals surface area contributed by atoms with Crippen LogP contribution in [0.2, 0.25) is 0 Å². The van der Waals surface area contributed by atoms with Crippen molar-refractivity contribution >= 4 is 48.8 Å². The minimum atomic E-state index is 0.825. The average molecular weight is 311 g/mol. The van der Waals surface area contributed by atoms with Gasteiger partial charge in [0.1, 0.15) is 0 Å². The summed E-state index contributed by atoms with van der Waals surface area (Å²) in [4.78, 5) is 2.77. The quantitative estimate of drug-likeness (QED) is 0.596. The molecule has 0 nitrogen and oxygen atoms in total. The molecule has 1 aliphatic heterocycles. The summed E-state index contributed by atoms with van der Waals surface area (Å²) in [6.07, 6.45) is 5.59. The molecule has 2 bridgehead atoms. The van der Waals surface area contributed by atoms with Gasteiger partial charge in [-0.05, 0) is 60.8 Å². The van der Waals surface area contributed by atoms with Gasteiger partial charge in [0.25, 0.3) is 0 Å². The second-order valence-corrected chi connectivity index (χ2v) is 8.89. The maximum absolute atomic E-state index is 4.51. The van der Waals surface area contributed by atoms with Crippen LogP contribution in [0.5, 0.6) is 0 Å². The number of hydrogen-bond donors (Lipinski definition) is 2. The van der Waals surface area contributed by atoms with Gasteiger partial charge in [0.05, 0.1) is 8.47 Å². The van der Waals surface area contributed by atoms with Crippen molar-refractivity contribution in [1.29, 1.82) is 0 Å². The second-order valence-electron chi connectivity index (χ2n) is 5.29. The Balaban J connectivity index is 1.85. The summed E-state index contributed by atoms with van der Waals surface area (Å²) in [5.41, 5.74) is 3.26. The first kappa shape index (κ1) is 12.1. The van der Waals surface area contributed by atoms with E-state index < -0.39 is 0 Å². The Morgan fingerprint density at radius 2 is 1.17 bits per heavy atom. The fraction of sp³-hybridized carbons (Fsp3) is 0.429. The number of thiol groups is 2. The van der Waals surface area contributed by atoms with Crippen LogP contribution in [-0.4, -0.2) is 0 Å². The van der Waals surface area contributed by atoms with Crippen molar-refractivity contribution in [3.63, 3.8) is 0 Å². The molecular formula is C14H14S4. The minimum Gasteiger partial charge on any atom is -0.135 e. The van der Waals surface area contributed by atoms with Crippen molar-refractivity contribution in [2.24, 2.45) is 0 Å². The molecule has 0 unspecified atom stereocenters. The van der Waals surface area contributed by atoms with Gasteiger partial charge in [-0.25, -0.2) is 0 Å². The van der Waals surface area contributed by atoms with Crippen molar-refractivity contribution in [1.82, 2.24) is 0 Å². The van der Waals surface area contributed by atoms with Crippen LogP contribution in [0.4, 0.5) is 0 Å². The molecule has 3 aliphatic carbocycles. The first-order valence-electron chi connectivity index (χ1n) is 6.38. The van der Waals surface area contributed by atoms with Gasteiger partial charge < -0.3 is 0 Å². The van der Waals surface area contributed by atoms with Gasteiger partial charge in [0.15, 0.2) is 0 Å². The van der Waals surface area contributed by atoms with Crippen LogP contribution in [0, 0.1) is 0 Å². The van der Waals surface area contributed by atoms with Gasteiger partial charge in [0, 0.05) is 9.79 Å². The van der Waals surface area contributed by atoms with Crippen LogP contribution in [0.15, 0.2) is 30.4 Å². The summed E-state index contributed by atoms with van der Waals surface area (Å²) in [6.45, 7) is 0. The molecule has 0 radical (unpaired) electrons. The molecule has 0 atom stereocenters. The highest BCUT2D eigenvalue weighted by molar-refractivity contribution is 8.23. The summed E-state index contributed by atoms with van der Waals surface area (Å²) in [5, 5.41) is 0. The van der Waals surface area contributed by atoms with Gasteiger partial charge in [-0.2, -0.15) is 0 Å².